The highest BCUT2D eigenvalue weighted by Crippen LogP contribution is 2.28. The van der Waals surface area contributed by atoms with Gasteiger partial charge in [-0.05, 0) is 30.7 Å². The molecule has 3 aromatic rings. The Balaban J connectivity index is 2.31. The number of H-pyrrole nitrogens is 1. The normalized spacial score (nSPS) is 11.2. The van der Waals surface area contributed by atoms with E-state index in [2.05, 4.69) is 9.97 Å². The maximum absolute atomic E-state index is 14.0. The minimum absolute atomic E-state index is 0.166. The fourth-order valence-electron chi connectivity index (χ4n) is 2.01. The van der Waals surface area contributed by atoms with E-state index in [0.29, 0.717) is 0 Å². The highest BCUT2D eigenvalue weighted by atomic mass is 19.2. The SMILES string of the molecule is Cc1ccc(F)c(-c2nc3c(F)c(F)ccc3[nH]2)c1F. The van der Waals surface area contributed by atoms with Crippen molar-refractivity contribution in [3.63, 3.8) is 0 Å². The number of benzene rings is 2. The quantitative estimate of drug-likeness (QED) is 0.668. The molecule has 0 atom stereocenters. The molecule has 2 nitrogen and oxygen atoms in total. The Morgan fingerprint density at radius 1 is 0.900 bits per heavy atom. The van der Waals surface area contributed by atoms with E-state index < -0.39 is 23.3 Å². The smallest absolute Gasteiger partial charge is 0.186 e. The number of imidazole rings is 1. The molecule has 0 aliphatic heterocycles. The molecule has 3 rings (SSSR count). The molecule has 0 saturated heterocycles. The van der Waals surface area contributed by atoms with Gasteiger partial charge >= 0.3 is 0 Å². The predicted octanol–water partition coefficient (Wildman–Crippen LogP) is 4.09. The Morgan fingerprint density at radius 3 is 2.35 bits per heavy atom. The number of halogens is 4. The van der Waals surface area contributed by atoms with Crippen molar-refractivity contribution in [2.75, 3.05) is 0 Å². The summed E-state index contributed by atoms with van der Waals surface area (Å²) < 4.78 is 54.4. The Kier molecular flexibility index (Phi) is 2.74. The van der Waals surface area contributed by atoms with Crippen LogP contribution < -0.4 is 0 Å². The summed E-state index contributed by atoms with van der Waals surface area (Å²) in [4.78, 5) is 6.35. The molecule has 1 aromatic heterocycles. The average molecular weight is 280 g/mol. The number of aromatic amines is 1. The maximum Gasteiger partial charge on any atom is 0.186 e. The van der Waals surface area contributed by atoms with Crippen LogP contribution in [-0.2, 0) is 0 Å². The van der Waals surface area contributed by atoms with E-state index in [1.54, 1.807) is 0 Å². The predicted molar refractivity (Wildman–Crippen MR) is 66.1 cm³/mol. The summed E-state index contributed by atoms with van der Waals surface area (Å²) in [6, 6.07) is 4.56. The van der Waals surface area contributed by atoms with Crippen molar-refractivity contribution in [3.8, 4) is 11.4 Å². The number of hydrogen-bond donors (Lipinski definition) is 1. The molecule has 0 amide bonds. The van der Waals surface area contributed by atoms with Crippen molar-refractivity contribution in [3.05, 3.63) is 53.1 Å². The van der Waals surface area contributed by atoms with Gasteiger partial charge in [-0.25, -0.2) is 22.5 Å². The van der Waals surface area contributed by atoms with Crippen LogP contribution in [0.4, 0.5) is 17.6 Å². The molecular weight excluding hydrogens is 272 g/mol. The molecule has 0 spiro atoms. The van der Waals surface area contributed by atoms with Crippen LogP contribution in [0.15, 0.2) is 24.3 Å². The summed E-state index contributed by atoms with van der Waals surface area (Å²) in [6.45, 7) is 1.47. The second kappa shape index (κ2) is 4.33. The van der Waals surface area contributed by atoms with Gasteiger partial charge in [-0.1, -0.05) is 6.07 Å². The number of nitrogens with one attached hydrogen (secondary N) is 1. The Morgan fingerprint density at radius 2 is 1.60 bits per heavy atom. The number of aryl methyl sites for hydroxylation is 1. The lowest BCUT2D eigenvalue weighted by molar-refractivity contribution is 0.515. The van der Waals surface area contributed by atoms with E-state index in [4.69, 9.17) is 0 Å². The lowest BCUT2D eigenvalue weighted by Crippen LogP contribution is -1.94. The highest BCUT2D eigenvalue weighted by molar-refractivity contribution is 5.80. The van der Waals surface area contributed by atoms with Gasteiger partial charge in [0.05, 0.1) is 11.1 Å². The van der Waals surface area contributed by atoms with Crippen molar-refractivity contribution in [1.29, 1.82) is 0 Å². The van der Waals surface area contributed by atoms with E-state index in [1.165, 1.54) is 19.1 Å². The monoisotopic (exact) mass is 280 g/mol. The van der Waals surface area contributed by atoms with Crippen LogP contribution in [0.1, 0.15) is 5.56 Å². The van der Waals surface area contributed by atoms with E-state index in [0.717, 1.165) is 12.1 Å². The number of rotatable bonds is 1. The zero-order valence-corrected chi connectivity index (χ0v) is 10.3. The summed E-state index contributed by atoms with van der Waals surface area (Å²) in [5.74, 6) is -4.01. The molecule has 6 heteroatoms. The van der Waals surface area contributed by atoms with Gasteiger partial charge in [-0.15, -0.1) is 0 Å². The first-order chi connectivity index (χ1) is 9.49. The first-order valence-electron chi connectivity index (χ1n) is 5.77. The van der Waals surface area contributed by atoms with Crippen LogP contribution in [0.25, 0.3) is 22.4 Å². The first kappa shape index (κ1) is 12.7. The molecule has 0 bridgehead atoms. The number of aromatic nitrogens is 2. The van der Waals surface area contributed by atoms with Crippen LogP contribution in [0.5, 0.6) is 0 Å². The molecule has 102 valence electrons. The van der Waals surface area contributed by atoms with Gasteiger partial charge < -0.3 is 4.98 Å². The zero-order chi connectivity index (χ0) is 14.4. The molecular formula is C14H8F4N2. The van der Waals surface area contributed by atoms with Crippen LogP contribution in [0.3, 0.4) is 0 Å². The number of hydrogen-bond acceptors (Lipinski definition) is 1. The molecule has 0 radical (unpaired) electrons. The maximum atomic E-state index is 14.0. The van der Waals surface area contributed by atoms with Crippen LogP contribution in [0, 0.1) is 30.2 Å². The number of fused-ring (bicyclic) bond motifs is 1. The Hall–Kier alpha value is -2.37. The minimum atomic E-state index is -1.15. The van der Waals surface area contributed by atoms with Gasteiger partial charge in [0.25, 0.3) is 0 Å². The highest BCUT2D eigenvalue weighted by Gasteiger charge is 2.19. The lowest BCUT2D eigenvalue weighted by Gasteiger charge is -2.03. The minimum Gasteiger partial charge on any atom is -0.338 e. The summed E-state index contributed by atoms with van der Waals surface area (Å²) in [5.41, 5.74) is -0.283. The van der Waals surface area contributed by atoms with Gasteiger partial charge in [0, 0.05) is 0 Å². The molecule has 2 aromatic carbocycles. The van der Waals surface area contributed by atoms with Crippen molar-refractivity contribution in [2.24, 2.45) is 0 Å². The van der Waals surface area contributed by atoms with Crippen LogP contribution >= 0.6 is 0 Å². The first-order valence-corrected chi connectivity index (χ1v) is 5.77. The molecule has 1 heterocycles. The topological polar surface area (TPSA) is 28.7 Å². The number of nitrogens with zero attached hydrogens (tertiary/aromatic N) is 1. The third kappa shape index (κ3) is 1.76. The largest absolute Gasteiger partial charge is 0.338 e. The van der Waals surface area contributed by atoms with E-state index in [-0.39, 0.29) is 28.0 Å². The average Bonchev–Trinajstić information content (AvgIpc) is 2.83. The molecule has 0 saturated carbocycles. The van der Waals surface area contributed by atoms with Crippen molar-refractivity contribution < 1.29 is 17.6 Å². The van der Waals surface area contributed by atoms with E-state index >= 15 is 0 Å². The lowest BCUT2D eigenvalue weighted by atomic mass is 10.1. The van der Waals surface area contributed by atoms with Gasteiger partial charge in [-0.2, -0.15) is 0 Å². The molecule has 0 fully saturated rings. The molecule has 1 N–H and O–H groups in total. The zero-order valence-electron chi connectivity index (χ0n) is 10.3. The Labute approximate surface area is 111 Å². The van der Waals surface area contributed by atoms with Crippen LogP contribution in [0.2, 0.25) is 0 Å². The van der Waals surface area contributed by atoms with Gasteiger partial charge in [0.15, 0.2) is 11.6 Å². The third-order valence-electron chi connectivity index (χ3n) is 3.07. The fourth-order valence-corrected chi connectivity index (χ4v) is 2.01. The third-order valence-corrected chi connectivity index (χ3v) is 3.07. The van der Waals surface area contributed by atoms with Crippen molar-refractivity contribution in [1.82, 2.24) is 9.97 Å². The molecule has 0 aliphatic carbocycles. The van der Waals surface area contributed by atoms with Gasteiger partial charge in [-0.3, -0.25) is 0 Å². The molecule has 0 unspecified atom stereocenters. The molecule has 20 heavy (non-hydrogen) atoms. The van der Waals surface area contributed by atoms with E-state index in [9.17, 15) is 17.6 Å². The van der Waals surface area contributed by atoms with E-state index in [1.807, 2.05) is 0 Å². The van der Waals surface area contributed by atoms with Gasteiger partial charge in [0.2, 0.25) is 0 Å². The summed E-state index contributed by atoms with van der Waals surface area (Å²) >= 11 is 0. The summed E-state index contributed by atoms with van der Waals surface area (Å²) in [5, 5.41) is 0. The van der Waals surface area contributed by atoms with Gasteiger partial charge in [0.1, 0.15) is 23.0 Å². The Bertz CT molecular complexity index is 824. The van der Waals surface area contributed by atoms with Crippen molar-refractivity contribution >= 4 is 11.0 Å². The standard InChI is InChI=1S/C14H8F4N2/c1-6-2-3-7(15)10(11(6)17)14-19-9-5-4-8(16)12(18)13(9)20-14/h2-5H,1H3,(H,19,20). The second-order valence-corrected chi connectivity index (χ2v) is 4.40. The molecule has 0 aliphatic rings. The summed E-state index contributed by atoms with van der Waals surface area (Å²) in [6.07, 6.45) is 0. The van der Waals surface area contributed by atoms with Crippen LogP contribution in [-0.4, -0.2) is 9.97 Å². The van der Waals surface area contributed by atoms with Crippen molar-refractivity contribution in [2.45, 2.75) is 6.92 Å². The fraction of sp³-hybridized carbons (Fsp3) is 0.0714. The summed E-state index contributed by atoms with van der Waals surface area (Å²) in [7, 11) is 0. The second-order valence-electron chi connectivity index (χ2n) is 4.40.